The van der Waals surface area contributed by atoms with E-state index in [-0.39, 0.29) is 0 Å². The van der Waals surface area contributed by atoms with Crippen molar-refractivity contribution in [2.24, 2.45) is 17.1 Å². The van der Waals surface area contributed by atoms with E-state index in [1.807, 2.05) is 0 Å². The molecule has 94 valence electrons. The van der Waals surface area contributed by atoms with E-state index >= 15 is 0 Å². The van der Waals surface area contributed by atoms with Crippen LogP contribution in [0.4, 0.5) is 0 Å². The minimum Gasteiger partial charge on any atom is -0.329 e. The van der Waals surface area contributed by atoms with Crippen molar-refractivity contribution in [3.05, 3.63) is 0 Å². The molecule has 2 aliphatic rings. The highest BCUT2D eigenvalue weighted by atomic mass is 32.2. The van der Waals surface area contributed by atoms with Gasteiger partial charge in [0.1, 0.15) is 0 Å². The number of rotatable bonds is 4. The van der Waals surface area contributed by atoms with Crippen molar-refractivity contribution in [3.8, 4) is 0 Å². The molecule has 0 spiro atoms. The van der Waals surface area contributed by atoms with Crippen molar-refractivity contribution >= 4 is 11.8 Å². The topological polar surface area (TPSA) is 38.0 Å². The van der Waals surface area contributed by atoms with Crippen LogP contribution in [0.5, 0.6) is 0 Å². The molecule has 1 aliphatic carbocycles. The van der Waals surface area contributed by atoms with Gasteiger partial charge in [0.15, 0.2) is 0 Å². The van der Waals surface area contributed by atoms with Gasteiger partial charge in [0, 0.05) is 18.6 Å². The van der Waals surface area contributed by atoms with E-state index in [4.69, 9.17) is 5.73 Å². The molecule has 3 unspecified atom stereocenters. The second kappa shape index (κ2) is 5.28. The molecule has 0 bridgehead atoms. The van der Waals surface area contributed by atoms with Crippen LogP contribution >= 0.6 is 11.8 Å². The van der Waals surface area contributed by atoms with Crippen molar-refractivity contribution in [2.75, 3.05) is 18.1 Å². The van der Waals surface area contributed by atoms with Crippen LogP contribution in [-0.2, 0) is 0 Å². The molecular weight excluding hydrogens is 216 g/mol. The van der Waals surface area contributed by atoms with E-state index in [2.05, 4.69) is 30.9 Å². The third-order valence-electron chi connectivity index (χ3n) is 4.21. The molecular formula is C13H26N2S. The van der Waals surface area contributed by atoms with Crippen LogP contribution in [0.25, 0.3) is 0 Å². The molecule has 0 aromatic carbocycles. The first-order chi connectivity index (χ1) is 7.61. The first-order valence-electron chi connectivity index (χ1n) is 6.64. The van der Waals surface area contributed by atoms with Crippen molar-refractivity contribution < 1.29 is 0 Å². The zero-order valence-corrected chi connectivity index (χ0v) is 11.5. The summed E-state index contributed by atoms with van der Waals surface area (Å²) in [5.74, 6) is 3.46. The lowest BCUT2D eigenvalue weighted by molar-refractivity contribution is 0.319. The fraction of sp³-hybridized carbons (Fsp3) is 1.00. The summed E-state index contributed by atoms with van der Waals surface area (Å²) in [5.41, 5.74) is 6.47. The maximum atomic E-state index is 5.93. The fourth-order valence-electron chi connectivity index (χ4n) is 3.15. The minimum absolute atomic E-state index is 0.543. The Labute approximate surface area is 104 Å². The Balaban J connectivity index is 1.82. The lowest BCUT2D eigenvalue weighted by atomic mass is 9.91. The van der Waals surface area contributed by atoms with Crippen LogP contribution in [0.3, 0.4) is 0 Å². The smallest absolute Gasteiger partial charge is 0.0229 e. The molecule has 1 saturated carbocycles. The van der Waals surface area contributed by atoms with E-state index in [9.17, 15) is 0 Å². The zero-order chi connectivity index (χ0) is 11.6. The molecule has 3 atom stereocenters. The van der Waals surface area contributed by atoms with Gasteiger partial charge in [-0.2, -0.15) is 11.8 Å². The van der Waals surface area contributed by atoms with Crippen LogP contribution in [0.1, 0.15) is 39.5 Å². The Hall–Kier alpha value is 0.270. The second-order valence-corrected chi connectivity index (χ2v) is 7.39. The maximum Gasteiger partial charge on any atom is 0.0229 e. The predicted octanol–water partition coefficient (Wildman–Crippen LogP) is 2.24. The van der Waals surface area contributed by atoms with Gasteiger partial charge in [-0.05, 0) is 48.5 Å². The Morgan fingerprint density at radius 3 is 2.75 bits per heavy atom. The van der Waals surface area contributed by atoms with Gasteiger partial charge in [-0.25, -0.2) is 0 Å². The van der Waals surface area contributed by atoms with Crippen LogP contribution in [0.15, 0.2) is 0 Å². The fourth-order valence-corrected chi connectivity index (χ4v) is 4.49. The van der Waals surface area contributed by atoms with Gasteiger partial charge in [0.25, 0.3) is 0 Å². The van der Waals surface area contributed by atoms with Crippen LogP contribution in [0, 0.1) is 11.3 Å². The highest BCUT2D eigenvalue weighted by Crippen LogP contribution is 2.37. The number of thioether (sulfide) groups is 1. The quantitative estimate of drug-likeness (QED) is 0.794. The SMILES string of the molecule is CC1(C)CCC(NC(CN)C2CCSC2)C1. The second-order valence-electron chi connectivity index (χ2n) is 6.24. The monoisotopic (exact) mass is 242 g/mol. The zero-order valence-electron chi connectivity index (χ0n) is 10.7. The summed E-state index contributed by atoms with van der Waals surface area (Å²) in [4.78, 5) is 0. The Morgan fingerprint density at radius 2 is 2.25 bits per heavy atom. The van der Waals surface area contributed by atoms with Gasteiger partial charge in [0.05, 0.1) is 0 Å². The van der Waals surface area contributed by atoms with Crippen LogP contribution in [0.2, 0.25) is 0 Å². The van der Waals surface area contributed by atoms with E-state index in [0.717, 1.165) is 12.5 Å². The first kappa shape index (κ1) is 12.7. The predicted molar refractivity (Wildman–Crippen MR) is 72.8 cm³/mol. The molecule has 1 heterocycles. The number of nitrogens with one attached hydrogen (secondary N) is 1. The summed E-state index contributed by atoms with van der Waals surface area (Å²) in [6.07, 6.45) is 5.38. The number of hydrogen-bond acceptors (Lipinski definition) is 3. The van der Waals surface area contributed by atoms with E-state index in [1.54, 1.807) is 0 Å². The summed E-state index contributed by atoms with van der Waals surface area (Å²) in [7, 11) is 0. The van der Waals surface area contributed by atoms with Crippen molar-refractivity contribution in [1.29, 1.82) is 0 Å². The highest BCUT2D eigenvalue weighted by Gasteiger charge is 2.33. The summed E-state index contributed by atoms with van der Waals surface area (Å²) < 4.78 is 0. The van der Waals surface area contributed by atoms with Gasteiger partial charge in [-0.1, -0.05) is 13.8 Å². The average Bonchev–Trinajstić information content (AvgIpc) is 2.84. The van der Waals surface area contributed by atoms with Gasteiger partial charge in [-0.15, -0.1) is 0 Å². The molecule has 0 aromatic heterocycles. The third kappa shape index (κ3) is 3.14. The Morgan fingerprint density at radius 1 is 1.44 bits per heavy atom. The molecule has 2 rings (SSSR count). The molecule has 0 amide bonds. The van der Waals surface area contributed by atoms with Crippen LogP contribution < -0.4 is 11.1 Å². The molecule has 2 nitrogen and oxygen atoms in total. The lowest BCUT2D eigenvalue weighted by Gasteiger charge is -2.27. The minimum atomic E-state index is 0.543. The molecule has 1 saturated heterocycles. The standard InChI is InChI=1S/C13H26N2S/c1-13(2)5-3-11(7-13)15-12(8-14)10-4-6-16-9-10/h10-12,15H,3-9,14H2,1-2H3. The van der Waals surface area contributed by atoms with E-state index < -0.39 is 0 Å². The Kier molecular flexibility index (Phi) is 4.20. The van der Waals surface area contributed by atoms with Crippen molar-refractivity contribution in [3.63, 3.8) is 0 Å². The van der Waals surface area contributed by atoms with E-state index in [1.165, 1.54) is 37.2 Å². The molecule has 3 N–H and O–H groups in total. The van der Waals surface area contributed by atoms with Crippen molar-refractivity contribution in [2.45, 2.75) is 51.6 Å². The summed E-state index contributed by atoms with van der Waals surface area (Å²) >= 11 is 2.09. The molecule has 16 heavy (non-hydrogen) atoms. The molecule has 2 fully saturated rings. The summed E-state index contributed by atoms with van der Waals surface area (Å²) in [6.45, 7) is 5.58. The van der Waals surface area contributed by atoms with Gasteiger partial charge < -0.3 is 11.1 Å². The summed E-state index contributed by atoms with van der Waals surface area (Å²) in [6, 6.07) is 1.28. The lowest BCUT2D eigenvalue weighted by Crippen LogP contribution is -2.46. The summed E-state index contributed by atoms with van der Waals surface area (Å²) in [5, 5.41) is 3.82. The van der Waals surface area contributed by atoms with Crippen LogP contribution in [-0.4, -0.2) is 30.1 Å². The van der Waals surface area contributed by atoms with Crippen molar-refractivity contribution in [1.82, 2.24) is 5.32 Å². The number of hydrogen-bond donors (Lipinski definition) is 2. The highest BCUT2D eigenvalue weighted by molar-refractivity contribution is 7.99. The molecule has 0 aromatic rings. The molecule has 1 aliphatic heterocycles. The van der Waals surface area contributed by atoms with Gasteiger partial charge in [0.2, 0.25) is 0 Å². The average molecular weight is 242 g/mol. The van der Waals surface area contributed by atoms with E-state index in [0.29, 0.717) is 17.5 Å². The van der Waals surface area contributed by atoms with Gasteiger partial charge in [-0.3, -0.25) is 0 Å². The molecule has 3 heteroatoms. The largest absolute Gasteiger partial charge is 0.329 e. The normalized spacial score (nSPS) is 35.4. The Bertz CT molecular complexity index is 224. The third-order valence-corrected chi connectivity index (χ3v) is 5.39. The maximum absolute atomic E-state index is 5.93. The number of nitrogens with two attached hydrogens (primary N) is 1. The molecule has 0 radical (unpaired) electrons. The van der Waals surface area contributed by atoms with Gasteiger partial charge >= 0.3 is 0 Å². The first-order valence-corrected chi connectivity index (χ1v) is 7.80.